The van der Waals surface area contributed by atoms with E-state index in [1.54, 1.807) is 63.6 Å². The minimum atomic E-state index is -0.844. The molecule has 0 saturated carbocycles. The van der Waals surface area contributed by atoms with Crippen LogP contribution in [0.5, 0.6) is 0 Å². The molecule has 1 atom stereocenters. The summed E-state index contributed by atoms with van der Waals surface area (Å²) in [6.45, 7) is 9.15. The number of esters is 1. The second kappa shape index (κ2) is 10.7. The molecule has 6 nitrogen and oxygen atoms in total. The lowest BCUT2D eigenvalue weighted by Crippen LogP contribution is -2.43. The highest BCUT2D eigenvalue weighted by Gasteiger charge is 2.33. The van der Waals surface area contributed by atoms with Gasteiger partial charge in [0, 0.05) is 30.4 Å². The third-order valence-corrected chi connectivity index (χ3v) is 6.32. The molecule has 0 spiro atoms. The standard InChI is InChI=1S/C28H31FN2O4/c1-7-35-28(34)25-18(3)24(19(4)30(25)6)26(32)20(5)31(16-21-10-14-23(29)15-11-21)27(33)22-12-8-17(2)9-13-22/h8-15,20H,7,16H2,1-6H3. The van der Waals surface area contributed by atoms with Crippen molar-refractivity contribution in [1.29, 1.82) is 0 Å². The summed E-state index contributed by atoms with van der Waals surface area (Å²) in [7, 11) is 1.71. The average Bonchev–Trinajstić information content (AvgIpc) is 3.05. The molecule has 0 aliphatic heterocycles. The molecule has 1 heterocycles. The van der Waals surface area contributed by atoms with Crippen LogP contribution in [0, 0.1) is 26.6 Å². The predicted molar refractivity (Wildman–Crippen MR) is 132 cm³/mol. The van der Waals surface area contributed by atoms with Crippen LogP contribution in [0.15, 0.2) is 48.5 Å². The first-order valence-electron chi connectivity index (χ1n) is 11.6. The van der Waals surface area contributed by atoms with Crippen molar-refractivity contribution in [3.63, 3.8) is 0 Å². The number of aromatic nitrogens is 1. The monoisotopic (exact) mass is 478 g/mol. The van der Waals surface area contributed by atoms with E-state index in [9.17, 15) is 18.8 Å². The van der Waals surface area contributed by atoms with Gasteiger partial charge in [0.1, 0.15) is 11.5 Å². The van der Waals surface area contributed by atoms with Gasteiger partial charge in [0.05, 0.1) is 12.6 Å². The maximum absolute atomic E-state index is 13.8. The zero-order valence-electron chi connectivity index (χ0n) is 21.0. The lowest BCUT2D eigenvalue weighted by Gasteiger charge is -2.29. The SMILES string of the molecule is CCOC(=O)c1c(C)c(C(=O)C(C)N(Cc2ccc(F)cc2)C(=O)c2ccc(C)cc2)c(C)n1C. The molecule has 0 aliphatic rings. The first-order valence-corrected chi connectivity index (χ1v) is 11.6. The van der Waals surface area contributed by atoms with E-state index in [0.29, 0.717) is 33.6 Å². The van der Waals surface area contributed by atoms with Crippen molar-refractivity contribution >= 4 is 17.7 Å². The molecule has 1 unspecified atom stereocenters. The van der Waals surface area contributed by atoms with E-state index in [1.165, 1.54) is 17.0 Å². The summed E-state index contributed by atoms with van der Waals surface area (Å²) < 4.78 is 20.3. The number of ether oxygens (including phenoxy) is 1. The number of hydrogen-bond donors (Lipinski definition) is 0. The normalized spacial score (nSPS) is 11.7. The molecule has 0 aliphatic carbocycles. The number of ketones is 1. The topological polar surface area (TPSA) is 68.6 Å². The number of benzene rings is 2. The Balaban J connectivity index is 2.03. The van der Waals surface area contributed by atoms with Gasteiger partial charge in [-0.25, -0.2) is 9.18 Å². The van der Waals surface area contributed by atoms with Crippen LogP contribution in [0.2, 0.25) is 0 Å². The fourth-order valence-electron chi connectivity index (χ4n) is 4.21. The molecule has 35 heavy (non-hydrogen) atoms. The van der Waals surface area contributed by atoms with E-state index in [0.717, 1.165) is 5.56 Å². The number of hydrogen-bond acceptors (Lipinski definition) is 4. The van der Waals surface area contributed by atoms with Crippen LogP contribution in [-0.2, 0) is 18.3 Å². The largest absolute Gasteiger partial charge is 0.461 e. The van der Waals surface area contributed by atoms with E-state index in [1.807, 2.05) is 19.1 Å². The van der Waals surface area contributed by atoms with Gasteiger partial charge in [-0.1, -0.05) is 29.8 Å². The third kappa shape index (κ3) is 5.34. The van der Waals surface area contributed by atoms with Crippen molar-refractivity contribution in [2.45, 2.75) is 47.2 Å². The van der Waals surface area contributed by atoms with E-state index in [4.69, 9.17) is 4.74 Å². The van der Waals surface area contributed by atoms with E-state index < -0.39 is 12.0 Å². The smallest absolute Gasteiger partial charge is 0.355 e. The number of Topliss-reactive ketones (excluding diaryl/α,β-unsaturated/α-hetero) is 1. The maximum atomic E-state index is 13.8. The van der Waals surface area contributed by atoms with Gasteiger partial charge in [-0.15, -0.1) is 0 Å². The maximum Gasteiger partial charge on any atom is 0.355 e. The first kappa shape index (κ1) is 25.9. The fraction of sp³-hybridized carbons (Fsp3) is 0.321. The molecule has 7 heteroatoms. The number of carbonyl (C=O) groups is 3. The summed E-state index contributed by atoms with van der Waals surface area (Å²) >= 11 is 0. The number of rotatable bonds is 8. The van der Waals surface area contributed by atoms with Crippen molar-refractivity contribution in [2.75, 3.05) is 6.61 Å². The predicted octanol–water partition coefficient (Wildman–Crippen LogP) is 5.18. The summed E-state index contributed by atoms with van der Waals surface area (Å²) in [6, 6.07) is 12.1. The van der Waals surface area contributed by atoms with Crippen LogP contribution in [-0.4, -0.2) is 39.8 Å². The molecule has 0 bridgehead atoms. The van der Waals surface area contributed by atoms with Crippen molar-refractivity contribution in [3.8, 4) is 0 Å². The Labute approximate surface area is 205 Å². The highest BCUT2D eigenvalue weighted by molar-refractivity contribution is 6.07. The van der Waals surface area contributed by atoms with Crippen molar-refractivity contribution < 1.29 is 23.5 Å². The number of amides is 1. The van der Waals surface area contributed by atoms with Crippen molar-refractivity contribution in [2.24, 2.45) is 7.05 Å². The Kier molecular flexibility index (Phi) is 7.89. The fourth-order valence-corrected chi connectivity index (χ4v) is 4.21. The molecule has 184 valence electrons. The van der Waals surface area contributed by atoms with Crippen molar-refractivity contribution in [3.05, 3.63) is 93.6 Å². The molecular formula is C28H31FN2O4. The highest BCUT2D eigenvalue weighted by Crippen LogP contribution is 2.26. The lowest BCUT2D eigenvalue weighted by atomic mass is 9.98. The molecule has 1 aromatic heterocycles. The number of carbonyl (C=O) groups excluding carboxylic acids is 3. The molecule has 2 aromatic carbocycles. The van der Waals surface area contributed by atoms with E-state index in [-0.39, 0.29) is 30.7 Å². The number of aryl methyl sites for hydroxylation is 1. The van der Waals surface area contributed by atoms with Crippen LogP contribution in [0.3, 0.4) is 0 Å². The van der Waals surface area contributed by atoms with Crippen LogP contribution >= 0.6 is 0 Å². The molecule has 0 radical (unpaired) electrons. The van der Waals surface area contributed by atoms with Gasteiger partial charge < -0.3 is 14.2 Å². The molecule has 3 rings (SSSR count). The summed E-state index contributed by atoms with van der Waals surface area (Å²) in [5, 5.41) is 0. The highest BCUT2D eigenvalue weighted by atomic mass is 19.1. The number of halogens is 1. The van der Waals surface area contributed by atoms with Gasteiger partial charge in [-0.3, -0.25) is 9.59 Å². The minimum Gasteiger partial charge on any atom is -0.461 e. The molecule has 0 saturated heterocycles. The van der Waals surface area contributed by atoms with Gasteiger partial charge >= 0.3 is 5.97 Å². The average molecular weight is 479 g/mol. The molecule has 1 amide bonds. The lowest BCUT2D eigenvalue weighted by molar-refractivity contribution is 0.0513. The Bertz CT molecular complexity index is 1240. The van der Waals surface area contributed by atoms with E-state index in [2.05, 4.69) is 0 Å². The number of nitrogens with zero attached hydrogens (tertiary/aromatic N) is 2. The van der Waals surface area contributed by atoms with Gasteiger partial charge in [0.25, 0.3) is 5.91 Å². The Morgan fingerprint density at radius 2 is 1.60 bits per heavy atom. The summed E-state index contributed by atoms with van der Waals surface area (Å²) in [5.41, 5.74) is 4.00. The Morgan fingerprint density at radius 3 is 2.17 bits per heavy atom. The molecular weight excluding hydrogens is 447 g/mol. The summed E-state index contributed by atoms with van der Waals surface area (Å²) in [6.07, 6.45) is 0. The van der Waals surface area contributed by atoms with Crippen LogP contribution in [0.4, 0.5) is 4.39 Å². The van der Waals surface area contributed by atoms with Crippen molar-refractivity contribution in [1.82, 2.24) is 9.47 Å². The zero-order valence-corrected chi connectivity index (χ0v) is 21.0. The van der Waals surface area contributed by atoms with Crippen LogP contribution in [0.25, 0.3) is 0 Å². The second-order valence-corrected chi connectivity index (χ2v) is 8.68. The first-order chi connectivity index (χ1) is 16.6. The molecule has 0 fully saturated rings. The van der Waals surface area contributed by atoms with Crippen LogP contribution < -0.4 is 0 Å². The van der Waals surface area contributed by atoms with E-state index >= 15 is 0 Å². The summed E-state index contributed by atoms with van der Waals surface area (Å²) in [4.78, 5) is 41.3. The second-order valence-electron chi connectivity index (χ2n) is 8.68. The quantitative estimate of drug-likeness (QED) is 0.330. The van der Waals surface area contributed by atoms with Crippen LogP contribution in [0.1, 0.15) is 67.4 Å². The third-order valence-electron chi connectivity index (χ3n) is 6.32. The molecule has 3 aromatic rings. The van der Waals surface area contributed by atoms with Gasteiger partial charge in [0.2, 0.25) is 0 Å². The van der Waals surface area contributed by atoms with Gasteiger partial charge in [-0.2, -0.15) is 0 Å². The minimum absolute atomic E-state index is 0.121. The summed E-state index contributed by atoms with van der Waals surface area (Å²) in [5.74, 6) is -1.47. The Morgan fingerprint density at radius 1 is 1.00 bits per heavy atom. The van der Waals surface area contributed by atoms with Gasteiger partial charge in [-0.05, 0) is 70.0 Å². The Hall–Kier alpha value is -3.74. The van der Waals surface area contributed by atoms with Gasteiger partial charge in [0.15, 0.2) is 5.78 Å². The molecule has 0 N–H and O–H groups in total. The zero-order chi connectivity index (χ0) is 25.9.